The Morgan fingerprint density at radius 3 is 3.19 bits per heavy atom. The number of methoxy groups -OCH3 is 1. The number of hydrogen-bond donors (Lipinski definition) is 2. The maximum atomic E-state index is 11.7. The summed E-state index contributed by atoms with van der Waals surface area (Å²) in [7, 11) is 1.52. The van der Waals surface area contributed by atoms with E-state index in [4.69, 9.17) is 4.74 Å². The molecule has 0 saturated carbocycles. The Labute approximate surface area is 151 Å². The van der Waals surface area contributed by atoms with Crippen molar-refractivity contribution in [3.8, 4) is 0 Å². The first-order chi connectivity index (χ1) is 12.7. The Morgan fingerprint density at radius 1 is 1.38 bits per heavy atom. The van der Waals surface area contributed by atoms with Crippen LogP contribution < -0.4 is 5.32 Å². The van der Waals surface area contributed by atoms with Gasteiger partial charge in [0.05, 0.1) is 11.7 Å². The second-order valence-electron chi connectivity index (χ2n) is 6.68. The normalized spacial score (nSPS) is 17.3. The molecule has 7 nitrogen and oxygen atoms in total. The Balaban J connectivity index is 1.50. The molecule has 0 aliphatic carbocycles. The standard InChI is InChI=1S/C19H23N5O2/c1-26-13-19(25)21-9-16-12-23(11-15-5-8-22-24(15)16)10-14-3-2-4-18-17(14)6-7-20-18/h2-8,16,20H,9-13H2,1H3,(H,21,25)/t16-/m0/s1. The molecule has 1 amide bonds. The number of H-pyrrole nitrogens is 1. The minimum Gasteiger partial charge on any atom is -0.375 e. The van der Waals surface area contributed by atoms with Crippen molar-refractivity contribution in [2.45, 2.75) is 19.1 Å². The van der Waals surface area contributed by atoms with Crippen LogP contribution in [0.4, 0.5) is 0 Å². The Bertz CT molecular complexity index is 900. The quantitative estimate of drug-likeness (QED) is 0.707. The van der Waals surface area contributed by atoms with Crippen LogP contribution in [-0.4, -0.2) is 52.4 Å². The summed E-state index contributed by atoms with van der Waals surface area (Å²) in [6, 6.07) is 10.6. The van der Waals surface area contributed by atoms with E-state index in [2.05, 4.69) is 44.6 Å². The van der Waals surface area contributed by atoms with Crippen LogP contribution in [0.2, 0.25) is 0 Å². The van der Waals surface area contributed by atoms with Crippen molar-refractivity contribution in [2.75, 3.05) is 26.8 Å². The SMILES string of the molecule is COCC(=O)NC[C@H]1CN(Cc2cccc3[nH]ccc23)Cc2ccnn21. The first-order valence-corrected chi connectivity index (χ1v) is 8.80. The number of carbonyl (C=O) groups excluding carboxylic acids is 1. The van der Waals surface area contributed by atoms with Crippen LogP contribution in [0.5, 0.6) is 0 Å². The van der Waals surface area contributed by atoms with Gasteiger partial charge in [0.2, 0.25) is 5.91 Å². The van der Waals surface area contributed by atoms with Crippen molar-refractivity contribution in [3.05, 3.63) is 54.0 Å². The summed E-state index contributed by atoms with van der Waals surface area (Å²) in [4.78, 5) is 17.4. The average molecular weight is 353 g/mol. The zero-order chi connectivity index (χ0) is 17.9. The van der Waals surface area contributed by atoms with E-state index in [0.717, 1.165) is 25.2 Å². The van der Waals surface area contributed by atoms with Gasteiger partial charge in [-0.2, -0.15) is 5.10 Å². The van der Waals surface area contributed by atoms with E-state index in [0.29, 0.717) is 6.54 Å². The molecule has 0 bridgehead atoms. The Hall–Kier alpha value is -2.64. The fraction of sp³-hybridized carbons (Fsp3) is 0.368. The molecule has 7 heteroatoms. The summed E-state index contributed by atoms with van der Waals surface area (Å²) in [6.45, 7) is 3.18. The third-order valence-corrected chi connectivity index (χ3v) is 4.84. The fourth-order valence-electron chi connectivity index (χ4n) is 3.68. The number of aromatic nitrogens is 3. The van der Waals surface area contributed by atoms with Gasteiger partial charge in [0.25, 0.3) is 0 Å². The first-order valence-electron chi connectivity index (χ1n) is 8.80. The van der Waals surface area contributed by atoms with Gasteiger partial charge in [-0.15, -0.1) is 0 Å². The lowest BCUT2D eigenvalue weighted by Crippen LogP contribution is -2.43. The van der Waals surface area contributed by atoms with Gasteiger partial charge in [0.1, 0.15) is 6.61 Å². The molecule has 3 aromatic rings. The number of hydrogen-bond acceptors (Lipinski definition) is 4. The zero-order valence-corrected chi connectivity index (χ0v) is 14.8. The molecule has 1 aliphatic rings. The van der Waals surface area contributed by atoms with E-state index < -0.39 is 0 Å². The molecule has 1 aromatic carbocycles. The highest BCUT2D eigenvalue weighted by Gasteiger charge is 2.26. The number of ether oxygens (including phenoxy) is 1. The molecule has 0 unspecified atom stereocenters. The molecular weight excluding hydrogens is 330 g/mol. The van der Waals surface area contributed by atoms with Gasteiger partial charge < -0.3 is 15.0 Å². The highest BCUT2D eigenvalue weighted by Crippen LogP contribution is 2.24. The first kappa shape index (κ1) is 16.8. The zero-order valence-electron chi connectivity index (χ0n) is 14.8. The smallest absolute Gasteiger partial charge is 0.246 e. The van der Waals surface area contributed by atoms with Gasteiger partial charge in [-0.05, 0) is 23.8 Å². The molecular formula is C19H23N5O2. The molecule has 26 heavy (non-hydrogen) atoms. The van der Waals surface area contributed by atoms with E-state index in [1.54, 1.807) is 0 Å². The largest absolute Gasteiger partial charge is 0.375 e. The minimum absolute atomic E-state index is 0.0812. The van der Waals surface area contributed by atoms with Crippen LogP contribution >= 0.6 is 0 Å². The Morgan fingerprint density at radius 2 is 2.31 bits per heavy atom. The van der Waals surface area contributed by atoms with Gasteiger partial charge in [0.15, 0.2) is 0 Å². The number of carbonyl (C=O) groups is 1. The fourth-order valence-corrected chi connectivity index (χ4v) is 3.68. The van der Waals surface area contributed by atoms with E-state index in [1.807, 2.05) is 23.1 Å². The molecule has 0 radical (unpaired) electrons. The number of aromatic amines is 1. The van der Waals surface area contributed by atoms with Crippen molar-refractivity contribution < 1.29 is 9.53 Å². The van der Waals surface area contributed by atoms with Crippen molar-refractivity contribution in [3.63, 3.8) is 0 Å². The summed E-state index contributed by atoms with van der Waals surface area (Å²) >= 11 is 0. The van der Waals surface area contributed by atoms with Gasteiger partial charge in [0, 0.05) is 56.6 Å². The molecule has 136 valence electrons. The summed E-state index contributed by atoms with van der Waals surface area (Å²) in [5, 5.41) is 8.65. The molecule has 1 aliphatic heterocycles. The van der Waals surface area contributed by atoms with Crippen LogP contribution in [0, 0.1) is 0 Å². The van der Waals surface area contributed by atoms with Crippen LogP contribution in [-0.2, 0) is 22.6 Å². The predicted molar refractivity (Wildman–Crippen MR) is 98.6 cm³/mol. The summed E-state index contributed by atoms with van der Waals surface area (Å²) in [5.74, 6) is -0.101. The van der Waals surface area contributed by atoms with Gasteiger partial charge in [-0.1, -0.05) is 12.1 Å². The predicted octanol–water partition coefficient (Wildman–Crippen LogP) is 1.68. The maximum absolute atomic E-state index is 11.7. The third kappa shape index (κ3) is 3.36. The molecule has 0 saturated heterocycles. The number of amides is 1. The molecule has 3 heterocycles. The highest BCUT2D eigenvalue weighted by atomic mass is 16.5. The number of fused-ring (bicyclic) bond motifs is 2. The Kier molecular flexibility index (Phi) is 4.73. The van der Waals surface area contributed by atoms with E-state index in [9.17, 15) is 4.79 Å². The van der Waals surface area contributed by atoms with Gasteiger partial charge in [-0.3, -0.25) is 14.4 Å². The van der Waals surface area contributed by atoms with E-state index in [-0.39, 0.29) is 18.6 Å². The van der Waals surface area contributed by atoms with Crippen molar-refractivity contribution in [1.29, 1.82) is 0 Å². The summed E-state index contributed by atoms with van der Waals surface area (Å²) < 4.78 is 6.91. The molecule has 0 fully saturated rings. The van der Waals surface area contributed by atoms with E-state index in [1.165, 1.54) is 23.8 Å². The second-order valence-corrected chi connectivity index (χ2v) is 6.68. The molecule has 2 N–H and O–H groups in total. The lowest BCUT2D eigenvalue weighted by Gasteiger charge is -2.34. The van der Waals surface area contributed by atoms with Crippen LogP contribution in [0.25, 0.3) is 10.9 Å². The summed E-state index contributed by atoms with van der Waals surface area (Å²) in [5.41, 5.74) is 3.63. The second kappa shape index (κ2) is 7.31. The monoisotopic (exact) mass is 353 g/mol. The molecule has 2 aromatic heterocycles. The van der Waals surface area contributed by atoms with Gasteiger partial charge in [-0.25, -0.2) is 0 Å². The maximum Gasteiger partial charge on any atom is 0.246 e. The molecule has 1 atom stereocenters. The van der Waals surface area contributed by atoms with Crippen molar-refractivity contribution >= 4 is 16.8 Å². The topological polar surface area (TPSA) is 75.2 Å². The van der Waals surface area contributed by atoms with Crippen LogP contribution in [0.15, 0.2) is 42.7 Å². The van der Waals surface area contributed by atoms with E-state index >= 15 is 0 Å². The van der Waals surface area contributed by atoms with Crippen LogP contribution in [0.1, 0.15) is 17.3 Å². The summed E-state index contributed by atoms with van der Waals surface area (Å²) in [6.07, 6.45) is 3.81. The lowest BCUT2D eigenvalue weighted by atomic mass is 10.1. The third-order valence-electron chi connectivity index (χ3n) is 4.84. The number of nitrogens with zero attached hydrogens (tertiary/aromatic N) is 3. The minimum atomic E-state index is -0.101. The average Bonchev–Trinajstić information content (AvgIpc) is 3.29. The highest BCUT2D eigenvalue weighted by molar-refractivity contribution is 5.82. The number of nitrogens with one attached hydrogen (secondary N) is 2. The van der Waals surface area contributed by atoms with Crippen LogP contribution in [0.3, 0.4) is 0 Å². The molecule has 0 spiro atoms. The van der Waals surface area contributed by atoms with Crippen molar-refractivity contribution in [2.24, 2.45) is 0 Å². The number of rotatable bonds is 6. The lowest BCUT2D eigenvalue weighted by molar-refractivity contribution is -0.124. The molecule has 4 rings (SSSR count). The number of benzene rings is 1. The van der Waals surface area contributed by atoms with Crippen molar-refractivity contribution in [1.82, 2.24) is 25.0 Å². The van der Waals surface area contributed by atoms with Gasteiger partial charge >= 0.3 is 0 Å².